The lowest BCUT2D eigenvalue weighted by Gasteiger charge is -2.26. The minimum atomic E-state index is 0.505. The molecule has 3 heterocycles. The van der Waals surface area contributed by atoms with Crippen LogP contribution in [0.5, 0.6) is 11.5 Å². The van der Waals surface area contributed by atoms with Gasteiger partial charge in [-0.3, -0.25) is 10.00 Å². The Hall–Kier alpha value is -3.95. The lowest BCUT2D eigenvalue weighted by atomic mass is 10.1. The topological polar surface area (TPSA) is 97.4 Å². The van der Waals surface area contributed by atoms with Gasteiger partial charge in [-0.15, -0.1) is 0 Å². The van der Waals surface area contributed by atoms with Crippen LogP contribution in [0.25, 0.3) is 22.5 Å². The van der Waals surface area contributed by atoms with Crippen LogP contribution in [0.2, 0.25) is 0 Å². The van der Waals surface area contributed by atoms with Gasteiger partial charge in [-0.2, -0.15) is 5.10 Å². The Morgan fingerprint density at radius 2 is 1.77 bits per heavy atom. The lowest BCUT2D eigenvalue weighted by Crippen LogP contribution is -2.38. The summed E-state index contributed by atoms with van der Waals surface area (Å²) < 4.78 is 16.5. The van der Waals surface area contributed by atoms with Crippen LogP contribution >= 0.6 is 0 Å². The van der Waals surface area contributed by atoms with E-state index in [-0.39, 0.29) is 0 Å². The number of anilines is 2. The molecule has 0 radical (unpaired) electrons. The van der Waals surface area contributed by atoms with Gasteiger partial charge in [-0.25, -0.2) is 9.97 Å². The van der Waals surface area contributed by atoms with E-state index < -0.39 is 0 Å². The summed E-state index contributed by atoms with van der Waals surface area (Å²) in [6.45, 7) is 5.08. The van der Waals surface area contributed by atoms with Gasteiger partial charge in [-0.05, 0) is 54.6 Å². The SMILES string of the molecule is COc1ccc(-c2n[nH]cc2-c2ccnc(Nc3ccc(OCCN4CCOCC4)cc3)n2)cc1. The summed E-state index contributed by atoms with van der Waals surface area (Å²) in [6, 6.07) is 17.5. The molecule has 9 nitrogen and oxygen atoms in total. The first-order valence-corrected chi connectivity index (χ1v) is 11.6. The molecule has 0 amide bonds. The Balaban J connectivity index is 1.22. The smallest absolute Gasteiger partial charge is 0.227 e. The Morgan fingerprint density at radius 1 is 1.00 bits per heavy atom. The average molecular weight is 473 g/mol. The second-order valence-electron chi connectivity index (χ2n) is 8.09. The molecule has 0 bridgehead atoms. The quantitative estimate of drug-likeness (QED) is 0.377. The highest BCUT2D eigenvalue weighted by Gasteiger charge is 2.13. The second kappa shape index (κ2) is 11.0. The molecule has 2 aromatic heterocycles. The van der Waals surface area contributed by atoms with Gasteiger partial charge in [0.2, 0.25) is 5.95 Å². The van der Waals surface area contributed by atoms with Gasteiger partial charge in [0.15, 0.2) is 0 Å². The van der Waals surface area contributed by atoms with Gasteiger partial charge < -0.3 is 19.5 Å². The van der Waals surface area contributed by atoms with E-state index in [9.17, 15) is 0 Å². The normalized spacial score (nSPS) is 14.0. The maximum absolute atomic E-state index is 5.89. The van der Waals surface area contributed by atoms with Gasteiger partial charge in [0.05, 0.1) is 26.0 Å². The molecule has 35 heavy (non-hydrogen) atoms. The first kappa shape index (κ1) is 22.8. The van der Waals surface area contributed by atoms with Crippen molar-refractivity contribution < 1.29 is 14.2 Å². The van der Waals surface area contributed by atoms with E-state index in [0.29, 0.717) is 12.6 Å². The van der Waals surface area contributed by atoms with Crippen molar-refractivity contribution in [1.29, 1.82) is 0 Å². The van der Waals surface area contributed by atoms with Crippen molar-refractivity contribution in [3.8, 4) is 34.0 Å². The van der Waals surface area contributed by atoms with Crippen LogP contribution in [0, 0.1) is 0 Å². The molecule has 0 saturated carbocycles. The van der Waals surface area contributed by atoms with Crippen molar-refractivity contribution in [2.24, 2.45) is 0 Å². The number of hydrogen-bond acceptors (Lipinski definition) is 8. The maximum atomic E-state index is 5.89. The van der Waals surface area contributed by atoms with Crippen molar-refractivity contribution in [2.75, 3.05) is 51.9 Å². The van der Waals surface area contributed by atoms with Crippen LogP contribution in [-0.4, -0.2) is 71.6 Å². The number of methoxy groups -OCH3 is 1. The summed E-state index contributed by atoms with van der Waals surface area (Å²) in [4.78, 5) is 11.4. The molecule has 5 rings (SSSR count). The molecule has 0 unspecified atom stereocenters. The number of ether oxygens (including phenoxy) is 3. The number of nitrogens with one attached hydrogen (secondary N) is 2. The molecular formula is C26H28N6O3. The number of nitrogens with zero attached hydrogens (tertiary/aromatic N) is 4. The van der Waals surface area contributed by atoms with E-state index >= 15 is 0 Å². The zero-order valence-corrected chi connectivity index (χ0v) is 19.6. The number of rotatable bonds is 9. The predicted octanol–water partition coefficient (Wildman–Crippen LogP) is 4.00. The van der Waals surface area contributed by atoms with E-state index in [4.69, 9.17) is 19.2 Å². The second-order valence-corrected chi connectivity index (χ2v) is 8.09. The summed E-state index contributed by atoms with van der Waals surface area (Å²) in [5, 5.41) is 10.6. The summed E-state index contributed by atoms with van der Waals surface area (Å²) in [5.41, 5.74) is 4.33. The summed E-state index contributed by atoms with van der Waals surface area (Å²) >= 11 is 0. The van der Waals surface area contributed by atoms with E-state index in [1.54, 1.807) is 13.3 Å². The van der Waals surface area contributed by atoms with Crippen LogP contribution < -0.4 is 14.8 Å². The predicted molar refractivity (Wildman–Crippen MR) is 134 cm³/mol. The third kappa shape index (κ3) is 5.76. The fourth-order valence-corrected chi connectivity index (χ4v) is 3.90. The number of aromatic nitrogens is 4. The van der Waals surface area contributed by atoms with Crippen LogP contribution in [0.15, 0.2) is 67.0 Å². The molecule has 1 saturated heterocycles. The molecule has 1 aliphatic heterocycles. The first-order valence-electron chi connectivity index (χ1n) is 11.6. The first-order chi connectivity index (χ1) is 17.3. The number of morpholine rings is 1. The number of hydrogen-bond donors (Lipinski definition) is 2. The Kier molecular flexibility index (Phi) is 7.16. The zero-order chi connectivity index (χ0) is 23.9. The molecule has 0 atom stereocenters. The minimum absolute atomic E-state index is 0.505. The van der Waals surface area contributed by atoms with Crippen LogP contribution in [0.1, 0.15) is 0 Å². The van der Waals surface area contributed by atoms with Gasteiger partial charge in [-0.1, -0.05) is 0 Å². The van der Waals surface area contributed by atoms with E-state index in [0.717, 1.165) is 72.5 Å². The lowest BCUT2D eigenvalue weighted by molar-refractivity contribution is 0.0322. The Bertz CT molecular complexity index is 1220. The van der Waals surface area contributed by atoms with Crippen molar-refractivity contribution in [1.82, 2.24) is 25.1 Å². The molecule has 0 aliphatic carbocycles. The largest absolute Gasteiger partial charge is 0.497 e. The summed E-state index contributed by atoms with van der Waals surface area (Å²) in [5.74, 6) is 2.14. The van der Waals surface area contributed by atoms with Crippen molar-refractivity contribution in [2.45, 2.75) is 0 Å². The third-order valence-corrected chi connectivity index (χ3v) is 5.83. The van der Waals surface area contributed by atoms with Crippen LogP contribution in [-0.2, 0) is 4.74 Å². The minimum Gasteiger partial charge on any atom is -0.497 e. The highest BCUT2D eigenvalue weighted by Crippen LogP contribution is 2.30. The molecule has 4 aromatic rings. The molecule has 1 fully saturated rings. The average Bonchev–Trinajstić information content (AvgIpc) is 3.41. The molecule has 9 heteroatoms. The molecule has 0 spiro atoms. The standard InChI is InChI=1S/C26H28N6O3/c1-33-21-6-2-19(3-7-21)25-23(18-28-31-25)24-10-11-27-26(30-24)29-20-4-8-22(9-5-20)35-17-14-32-12-15-34-16-13-32/h2-11,18H,12-17H2,1H3,(H,28,31)(H,27,29,30). The Labute approximate surface area is 204 Å². The fraction of sp³-hybridized carbons (Fsp3) is 0.269. The zero-order valence-electron chi connectivity index (χ0n) is 19.6. The van der Waals surface area contributed by atoms with Gasteiger partial charge in [0.1, 0.15) is 23.8 Å². The van der Waals surface area contributed by atoms with Crippen molar-refractivity contribution in [3.05, 3.63) is 67.0 Å². The van der Waals surface area contributed by atoms with Gasteiger partial charge in [0, 0.05) is 48.8 Å². The molecule has 2 N–H and O–H groups in total. The van der Waals surface area contributed by atoms with E-state index in [1.165, 1.54) is 0 Å². The Morgan fingerprint density at radius 3 is 2.54 bits per heavy atom. The summed E-state index contributed by atoms with van der Waals surface area (Å²) in [7, 11) is 1.65. The third-order valence-electron chi connectivity index (χ3n) is 5.83. The van der Waals surface area contributed by atoms with Crippen molar-refractivity contribution in [3.63, 3.8) is 0 Å². The molecular weight excluding hydrogens is 444 g/mol. The van der Waals surface area contributed by atoms with Gasteiger partial charge in [0.25, 0.3) is 0 Å². The highest BCUT2D eigenvalue weighted by molar-refractivity contribution is 5.79. The van der Waals surface area contributed by atoms with E-state index in [2.05, 4.69) is 25.4 Å². The monoisotopic (exact) mass is 472 g/mol. The number of H-pyrrole nitrogens is 1. The maximum Gasteiger partial charge on any atom is 0.227 e. The summed E-state index contributed by atoms with van der Waals surface area (Å²) in [6.07, 6.45) is 3.58. The van der Waals surface area contributed by atoms with Crippen LogP contribution in [0.3, 0.4) is 0 Å². The van der Waals surface area contributed by atoms with Crippen molar-refractivity contribution >= 4 is 11.6 Å². The van der Waals surface area contributed by atoms with Crippen LogP contribution in [0.4, 0.5) is 11.6 Å². The molecule has 1 aliphatic rings. The number of aromatic amines is 1. The fourth-order valence-electron chi connectivity index (χ4n) is 3.90. The molecule has 180 valence electrons. The van der Waals surface area contributed by atoms with Gasteiger partial charge >= 0.3 is 0 Å². The number of benzene rings is 2. The highest BCUT2D eigenvalue weighted by atomic mass is 16.5. The molecule has 2 aromatic carbocycles. The van der Waals surface area contributed by atoms with E-state index in [1.807, 2.05) is 60.8 Å².